The van der Waals surface area contributed by atoms with Gasteiger partial charge in [-0.3, -0.25) is 14.2 Å². The molecule has 3 aromatic rings. The van der Waals surface area contributed by atoms with Crippen molar-refractivity contribution >= 4 is 40.0 Å². The number of amides is 1. The molecule has 2 aromatic heterocycles. The van der Waals surface area contributed by atoms with Crippen LogP contribution >= 0.6 is 0 Å². The molecule has 186 valence electrons. The summed E-state index contributed by atoms with van der Waals surface area (Å²) >= 11 is 0. The van der Waals surface area contributed by atoms with Crippen molar-refractivity contribution in [2.24, 2.45) is 0 Å². The monoisotopic (exact) mass is 486 g/mol. The van der Waals surface area contributed by atoms with Crippen molar-refractivity contribution in [3.8, 4) is 0 Å². The molecule has 0 spiro atoms. The Morgan fingerprint density at radius 2 is 1.97 bits per heavy atom. The summed E-state index contributed by atoms with van der Waals surface area (Å²) in [7, 11) is 0. The maximum atomic E-state index is 14.2. The molecule has 2 aliphatic heterocycles. The molecule has 2 fully saturated rings. The van der Waals surface area contributed by atoms with E-state index in [0.29, 0.717) is 49.6 Å². The quantitative estimate of drug-likeness (QED) is 0.550. The number of benzene rings is 1. The highest BCUT2D eigenvalue weighted by molar-refractivity contribution is 6.05. The second kappa shape index (κ2) is 9.05. The fourth-order valence-corrected chi connectivity index (χ4v) is 5.29. The maximum absolute atomic E-state index is 14.2. The van der Waals surface area contributed by atoms with Crippen LogP contribution in [-0.2, 0) is 9.53 Å². The normalized spacial score (nSPS) is 18.2. The van der Waals surface area contributed by atoms with Crippen LogP contribution < -0.4 is 20.7 Å². The predicted molar refractivity (Wildman–Crippen MR) is 140 cm³/mol. The molecule has 0 bridgehead atoms. The van der Waals surface area contributed by atoms with Gasteiger partial charge in [0.1, 0.15) is 11.3 Å². The van der Waals surface area contributed by atoms with Crippen LogP contribution in [0.1, 0.15) is 37.3 Å². The summed E-state index contributed by atoms with van der Waals surface area (Å²) in [5.41, 5.74) is 3.75. The maximum Gasteiger partial charge on any atom is 0.276 e. The molecular weight excluding hydrogens is 456 g/mol. The fraction of sp³-hybridized carbons (Fsp3) is 0.407. The van der Waals surface area contributed by atoms with E-state index in [9.17, 15) is 9.59 Å². The lowest BCUT2D eigenvalue weighted by atomic mass is 10.1. The standard InChI is InChI=1S/C27H30N6O3/c1-3-23(34)32-12-11-31(21-6-4-5-17(2)24(21)32)22-15-18-16-28-27(29-19-7-8-19)30-25(18)33(26(22)35)20-9-13-36-14-10-20/h3-6,15-16,19-20H,1,7-14H2,2H3,(H,28,29,30). The van der Waals surface area contributed by atoms with Gasteiger partial charge in [-0.05, 0) is 56.4 Å². The summed E-state index contributed by atoms with van der Waals surface area (Å²) in [6, 6.07) is 8.21. The summed E-state index contributed by atoms with van der Waals surface area (Å²) in [6.07, 6.45) is 6.89. The number of nitrogens with one attached hydrogen (secondary N) is 1. The van der Waals surface area contributed by atoms with Gasteiger partial charge in [-0.1, -0.05) is 18.7 Å². The first kappa shape index (κ1) is 22.7. The molecule has 1 amide bonds. The number of hydrogen-bond donors (Lipinski definition) is 1. The van der Waals surface area contributed by atoms with Crippen LogP contribution in [0.3, 0.4) is 0 Å². The highest BCUT2D eigenvalue weighted by Gasteiger charge is 2.31. The number of anilines is 4. The van der Waals surface area contributed by atoms with Crippen molar-refractivity contribution in [1.29, 1.82) is 0 Å². The topological polar surface area (TPSA) is 92.6 Å². The minimum atomic E-state index is -0.146. The number of carbonyl (C=O) groups excluding carboxylic acids is 1. The molecule has 3 aliphatic rings. The van der Waals surface area contributed by atoms with E-state index in [0.717, 1.165) is 48.0 Å². The third-order valence-electron chi connectivity index (χ3n) is 7.28. The summed E-state index contributed by atoms with van der Waals surface area (Å²) in [4.78, 5) is 39.9. The fourth-order valence-electron chi connectivity index (χ4n) is 5.29. The highest BCUT2D eigenvalue weighted by atomic mass is 16.5. The second-order valence-corrected chi connectivity index (χ2v) is 9.73. The average molecular weight is 487 g/mol. The molecule has 1 saturated carbocycles. The van der Waals surface area contributed by atoms with Gasteiger partial charge < -0.3 is 19.9 Å². The summed E-state index contributed by atoms with van der Waals surface area (Å²) < 4.78 is 7.44. The van der Waals surface area contributed by atoms with Gasteiger partial charge in [0.25, 0.3) is 11.5 Å². The summed E-state index contributed by atoms with van der Waals surface area (Å²) in [6.45, 7) is 7.83. The van der Waals surface area contributed by atoms with Crippen LogP contribution in [0.25, 0.3) is 11.0 Å². The Balaban J connectivity index is 1.52. The van der Waals surface area contributed by atoms with Crippen LogP contribution in [0, 0.1) is 6.92 Å². The number of hydrogen-bond acceptors (Lipinski definition) is 7. The van der Waals surface area contributed by atoms with E-state index in [2.05, 4.69) is 16.9 Å². The van der Waals surface area contributed by atoms with Crippen molar-refractivity contribution < 1.29 is 9.53 Å². The number of rotatable bonds is 5. The molecule has 1 N–H and O–H groups in total. The van der Waals surface area contributed by atoms with Gasteiger partial charge in [0, 0.05) is 50.0 Å². The number of fused-ring (bicyclic) bond motifs is 2. The van der Waals surface area contributed by atoms with Gasteiger partial charge in [-0.15, -0.1) is 0 Å². The molecule has 9 heteroatoms. The molecule has 36 heavy (non-hydrogen) atoms. The van der Waals surface area contributed by atoms with Crippen molar-refractivity contribution in [1.82, 2.24) is 14.5 Å². The third kappa shape index (κ3) is 3.93. The lowest BCUT2D eigenvalue weighted by Crippen LogP contribution is -2.44. The van der Waals surface area contributed by atoms with Gasteiger partial charge in [0.05, 0.1) is 11.4 Å². The van der Waals surface area contributed by atoms with Crippen molar-refractivity contribution in [3.05, 3.63) is 59.0 Å². The lowest BCUT2D eigenvalue weighted by Gasteiger charge is -2.38. The minimum Gasteiger partial charge on any atom is -0.381 e. The Labute approximate surface area is 209 Å². The molecule has 0 unspecified atom stereocenters. The van der Waals surface area contributed by atoms with Crippen molar-refractivity contribution in [3.63, 3.8) is 0 Å². The number of aryl methyl sites for hydroxylation is 1. The van der Waals surface area contributed by atoms with Crippen LogP contribution in [0.2, 0.25) is 0 Å². The zero-order valence-corrected chi connectivity index (χ0v) is 20.4. The molecule has 1 saturated heterocycles. The zero-order valence-electron chi connectivity index (χ0n) is 20.4. The third-order valence-corrected chi connectivity index (χ3v) is 7.28. The smallest absolute Gasteiger partial charge is 0.276 e. The van der Waals surface area contributed by atoms with E-state index in [-0.39, 0.29) is 17.5 Å². The number of nitrogens with zero attached hydrogens (tertiary/aromatic N) is 5. The molecule has 6 rings (SSSR count). The molecule has 4 heterocycles. The number of carbonyl (C=O) groups is 1. The summed E-state index contributed by atoms with van der Waals surface area (Å²) in [5.74, 6) is 0.419. The second-order valence-electron chi connectivity index (χ2n) is 9.73. The highest BCUT2D eigenvalue weighted by Crippen LogP contribution is 2.40. The van der Waals surface area contributed by atoms with E-state index in [1.54, 1.807) is 11.1 Å². The van der Waals surface area contributed by atoms with E-state index in [1.807, 2.05) is 40.7 Å². The molecule has 0 radical (unpaired) electrons. The van der Waals surface area contributed by atoms with E-state index in [1.165, 1.54) is 6.08 Å². The van der Waals surface area contributed by atoms with E-state index >= 15 is 0 Å². The summed E-state index contributed by atoms with van der Waals surface area (Å²) in [5, 5.41) is 4.17. The molecule has 1 aromatic carbocycles. The van der Waals surface area contributed by atoms with E-state index < -0.39 is 0 Å². The van der Waals surface area contributed by atoms with E-state index in [4.69, 9.17) is 9.72 Å². The SMILES string of the molecule is C=CC(=O)N1CCN(c2cc3cnc(NC4CC4)nc3n(C3CCOCC3)c2=O)c2cccc(C)c21. The number of aromatic nitrogens is 3. The largest absolute Gasteiger partial charge is 0.381 e. The average Bonchev–Trinajstić information content (AvgIpc) is 3.72. The molecule has 0 atom stereocenters. The number of ether oxygens (including phenoxy) is 1. The Hall–Kier alpha value is -3.72. The first-order chi connectivity index (χ1) is 17.5. The van der Waals surface area contributed by atoms with Crippen LogP contribution in [-0.4, -0.2) is 52.8 Å². The minimum absolute atomic E-state index is 0.00186. The zero-order chi connectivity index (χ0) is 24.8. The Morgan fingerprint density at radius 1 is 1.17 bits per heavy atom. The Kier molecular flexibility index (Phi) is 5.72. The van der Waals surface area contributed by atoms with Gasteiger partial charge in [0.2, 0.25) is 5.95 Å². The lowest BCUT2D eigenvalue weighted by molar-refractivity contribution is -0.114. The first-order valence-electron chi connectivity index (χ1n) is 12.6. The van der Waals surface area contributed by atoms with Crippen molar-refractivity contribution in [2.75, 3.05) is 41.4 Å². The van der Waals surface area contributed by atoms with Gasteiger partial charge >= 0.3 is 0 Å². The predicted octanol–water partition coefficient (Wildman–Crippen LogP) is 3.70. The van der Waals surface area contributed by atoms with Crippen molar-refractivity contribution in [2.45, 2.75) is 44.7 Å². The van der Waals surface area contributed by atoms with Gasteiger partial charge in [-0.2, -0.15) is 4.98 Å². The molecule has 9 nitrogen and oxygen atoms in total. The van der Waals surface area contributed by atoms with Crippen LogP contribution in [0.4, 0.5) is 23.0 Å². The number of pyridine rings is 1. The van der Waals surface area contributed by atoms with Crippen LogP contribution in [0.15, 0.2) is 47.9 Å². The number of para-hydroxylation sites is 1. The van der Waals surface area contributed by atoms with Gasteiger partial charge in [-0.25, -0.2) is 4.98 Å². The molecular formula is C27H30N6O3. The van der Waals surface area contributed by atoms with Gasteiger partial charge in [0.15, 0.2) is 0 Å². The molecule has 1 aliphatic carbocycles. The first-order valence-corrected chi connectivity index (χ1v) is 12.6. The Bertz CT molecular complexity index is 1410. The van der Waals surface area contributed by atoms with Crippen LogP contribution in [0.5, 0.6) is 0 Å². The Morgan fingerprint density at radius 3 is 2.72 bits per heavy atom.